The zero-order valence-corrected chi connectivity index (χ0v) is 14.4. The van der Waals surface area contributed by atoms with Gasteiger partial charge < -0.3 is 15.2 Å². The average Bonchev–Trinajstić information content (AvgIpc) is 2.61. The molecule has 128 valence electrons. The molecule has 2 heterocycles. The van der Waals surface area contributed by atoms with Gasteiger partial charge in [-0.15, -0.1) is 0 Å². The van der Waals surface area contributed by atoms with Gasteiger partial charge in [-0.05, 0) is 31.0 Å². The molecule has 1 aromatic heterocycles. The van der Waals surface area contributed by atoms with Crippen molar-refractivity contribution in [3.05, 3.63) is 53.3 Å². The molecule has 0 aliphatic carbocycles. The van der Waals surface area contributed by atoms with Crippen molar-refractivity contribution < 1.29 is 14.6 Å². The van der Waals surface area contributed by atoms with Crippen LogP contribution >= 0.6 is 0 Å². The number of aromatic carboxylic acids is 1. The van der Waals surface area contributed by atoms with Crippen molar-refractivity contribution >= 4 is 11.7 Å². The summed E-state index contributed by atoms with van der Waals surface area (Å²) < 4.78 is 5.69. The normalized spacial score (nSPS) is 15.4. The number of hydrogen-bond acceptors (Lipinski definition) is 4. The van der Waals surface area contributed by atoms with Crippen LogP contribution in [0.5, 0.6) is 5.75 Å². The van der Waals surface area contributed by atoms with Gasteiger partial charge in [0.15, 0.2) is 0 Å². The molecular formula is C19H24N2O3. The van der Waals surface area contributed by atoms with Gasteiger partial charge in [0.25, 0.3) is 0 Å². The molecule has 2 aromatic rings. The predicted molar refractivity (Wildman–Crippen MR) is 95.1 cm³/mol. The van der Waals surface area contributed by atoms with Crippen LogP contribution in [0.1, 0.15) is 47.7 Å². The number of carboxylic acid groups (broad SMARTS) is 1. The third-order valence-corrected chi connectivity index (χ3v) is 3.92. The van der Waals surface area contributed by atoms with Crippen molar-refractivity contribution in [2.75, 3.05) is 18.5 Å². The van der Waals surface area contributed by atoms with Gasteiger partial charge in [-0.2, -0.15) is 0 Å². The van der Waals surface area contributed by atoms with Crippen molar-refractivity contribution in [1.29, 1.82) is 0 Å². The average molecular weight is 328 g/mol. The third-order valence-electron chi connectivity index (χ3n) is 3.92. The van der Waals surface area contributed by atoms with E-state index in [1.807, 2.05) is 26.0 Å². The second-order valence-electron chi connectivity index (χ2n) is 5.48. The van der Waals surface area contributed by atoms with Gasteiger partial charge in [0.1, 0.15) is 5.75 Å². The molecule has 2 N–H and O–H groups in total. The Morgan fingerprint density at radius 1 is 1.38 bits per heavy atom. The number of carboxylic acids is 1. The molecule has 1 unspecified atom stereocenters. The molecule has 0 fully saturated rings. The zero-order valence-electron chi connectivity index (χ0n) is 14.4. The van der Waals surface area contributed by atoms with Gasteiger partial charge >= 0.3 is 5.97 Å². The summed E-state index contributed by atoms with van der Waals surface area (Å²) >= 11 is 0. The lowest BCUT2D eigenvalue weighted by atomic mass is 9.91. The molecule has 0 radical (unpaired) electrons. The van der Waals surface area contributed by atoms with Crippen molar-refractivity contribution in [2.45, 2.75) is 33.1 Å². The Morgan fingerprint density at radius 2 is 2.17 bits per heavy atom. The fourth-order valence-corrected chi connectivity index (χ4v) is 2.75. The number of pyridine rings is 1. The van der Waals surface area contributed by atoms with Crippen LogP contribution in [-0.2, 0) is 0 Å². The minimum absolute atomic E-state index is 0.242. The summed E-state index contributed by atoms with van der Waals surface area (Å²) in [6.07, 6.45) is 3.95. The maximum Gasteiger partial charge on any atom is 0.337 e. The number of anilines is 1. The Morgan fingerprint density at radius 3 is 2.92 bits per heavy atom. The number of aryl methyl sites for hydroxylation is 1. The monoisotopic (exact) mass is 328 g/mol. The molecule has 3 rings (SSSR count). The molecule has 0 spiro atoms. The summed E-state index contributed by atoms with van der Waals surface area (Å²) in [5.41, 5.74) is 3.17. The van der Waals surface area contributed by atoms with Crippen LogP contribution in [0, 0.1) is 6.92 Å². The van der Waals surface area contributed by atoms with Crippen LogP contribution in [0.15, 0.2) is 36.7 Å². The smallest absolute Gasteiger partial charge is 0.337 e. The first kappa shape index (κ1) is 17.8. The number of aromatic nitrogens is 1. The molecule has 1 atom stereocenters. The highest BCUT2D eigenvalue weighted by Gasteiger charge is 2.22. The van der Waals surface area contributed by atoms with Gasteiger partial charge in [0.05, 0.1) is 24.1 Å². The lowest BCUT2D eigenvalue weighted by molar-refractivity contribution is 0.0697. The molecule has 0 bridgehead atoms. The summed E-state index contributed by atoms with van der Waals surface area (Å²) in [6, 6.07) is 7.69. The number of carbonyl (C=O) groups is 1. The van der Waals surface area contributed by atoms with Gasteiger partial charge in [-0.3, -0.25) is 4.98 Å². The van der Waals surface area contributed by atoms with Crippen molar-refractivity contribution in [3.63, 3.8) is 0 Å². The molecular weight excluding hydrogens is 304 g/mol. The fraction of sp³-hybridized carbons (Fsp3) is 0.368. The van der Waals surface area contributed by atoms with Gasteiger partial charge in [0.2, 0.25) is 0 Å². The van der Waals surface area contributed by atoms with Crippen LogP contribution in [0.2, 0.25) is 0 Å². The number of fused-ring (bicyclic) bond motifs is 1. The fourth-order valence-electron chi connectivity index (χ4n) is 2.75. The number of ether oxygens (including phenoxy) is 1. The van der Waals surface area contributed by atoms with E-state index in [-0.39, 0.29) is 5.56 Å². The van der Waals surface area contributed by atoms with Gasteiger partial charge in [-0.25, -0.2) is 4.79 Å². The van der Waals surface area contributed by atoms with Crippen molar-refractivity contribution in [2.24, 2.45) is 0 Å². The van der Waals surface area contributed by atoms with Crippen LogP contribution in [0.4, 0.5) is 5.69 Å². The SMILES string of the molecule is CC.Cc1ccc2c(c1)C(CNc1cnccc1C(=O)O)CCO2. The first-order chi connectivity index (χ1) is 11.6. The topological polar surface area (TPSA) is 71.5 Å². The van der Waals surface area contributed by atoms with E-state index >= 15 is 0 Å². The predicted octanol–water partition coefficient (Wildman–Crippen LogP) is 4.09. The number of benzene rings is 1. The summed E-state index contributed by atoms with van der Waals surface area (Å²) in [5, 5.41) is 12.4. The van der Waals surface area contributed by atoms with Crippen molar-refractivity contribution in [3.8, 4) is 5.75 Å². The highest BCUT2D eigenvalue weighted by atomic mass is 16.5. The van der Waals surface area contributed by atoms with Crippen LogP contribution in [0.25, 0.3) is 0 Å². The third kappa shape index (κ3) is 4.04. The maximum absolute atomic E-state index is 11.2. The minimum Gasteiger partial charge on any atom is -0.493 e. The van der Waals surface area contributed by atoms with E-state index in [0.717, 1.165) is 12.2 Å². The molecule has 1 aliphatic heterocycles. The van der Waals surface area contributed by atoms with Crippen molar-refractivity contribution in [1.82, 2.24) is 4.98 Å². The Labute approximate surface area is 142 Å². The van der Waals surface area contributed by atoms with E-state index in [4.69, 9.17) is 4.74 Å². The Balaban J connectivity index is 0.00000100. The molecule has 5 nitrogen and oxygen atoms in total. The Kier molecular flexibility index (Phi) is 6.18. The lowest BCUT2D eigenvalue weighted by Crippen LogP contribution is -2.21. The highest BCUT2D eigenvalue weighted by Crippen LogP contribution is 2.34. The first-order valence-electron chi connectivity index (χ1n) is 8.29. The van der Waals surface area contributed by atoms with Crippen LogP contribution in [-0.4, -0.2) is 29.2 Å². The lowest BCUT2D eigenvalue weighted by Gasteiger charge is -2.27. The summed E-state index contributed by atoms with van der Waals surface area (Å²) in [6.45, 7) is 7.40. The largest absolute Gasteiger partial charge is 0.493 e. The van der Waals surface area contributed by atoms with Gasteiger partial charge in [0, 0.05) is 18.7 Å². The Hall–Kier alpha value is -2.56. The summed E-state index contributed by atoms with van der Waals surface area (Å²) in [5.74, 6) is 0.270. The van der Waals surface area contributed by atoms with E-state index in [2.05, 4.69) is 23.3 Å². The molecule has 24 heavy (non-hydrogen) atoms. The van der Waals surface area contributed by atoms with Crippen LogP contribution in [0.3, 0.4) is 0 Å². The zero-order chi connectivity index (χ0) is 17.5. The van der Waals surface area contributed by atoms with Crippen LogP contribution < -0.4 is 10.1 Å². The van der Waals surface area contributed by atoms with E-state index in [1.165, 1.54) is 23.4 Å². The molecule has 5 heteroatoms. The maximum atomic E-state index is 11.2. The number of rotatable bonds is 4. The molecule has 0 saturated carbocycles. The number of nitrogens with zero attached hydrogens (tertiary/aromatic N) is 1. The summed E-state index contributed by atoms with van der Waals surface area (Å²) in [7, 11) is 0. The quantitative estimate of drug-likeness (QED) is 0.884. The number of hydrogen-bond donors (Lipinski definition) is 2. The molecule has 1 aliphatic rings. The second kappa shape index (κ2) is 8.34. The number of nitrogens with one attached hydrogen (secondary N) is 1. The highest BCUT2D eigenvalue weighted by molar-refractivity contribution is 5.93. The van der Waals surface area contributed by atoms with E-state index in [9.17, 15) is 9.90 Å². The van der Waals surface area contributed by atoms with E-state index < -0.39 is 5.97 Å². The van der Waals surface area contributed by atoms with E-state index in [1.54, 1.807) is 6.20 Å². The van der Waals surface area contributed by atoms with Gasteiger partial charge in [-0.1, -0.05) is 31.5 Å². The minimum atomic E-state index is -0.951. The first-order valence-corrected chi connectivity index (χ1v) is 8.29. The molecule has 1 aromatic carbocycles. The summed E-state index contributed by atoms with van der Waals surface area (Å²) in [4.78, 5) is 15.2. The molecule has 0 saturated heterocycles. The van der Waals surface area contributed by atoms with E-state index in [0.29, 0.717) is 24.8 Å². The Bertz CT molecular complexity index is 701. The molecule has 0 amide bonds. The second-order valence-corrected chi connectivity index (χ2v) is 5.48. The standard InChI is InChI=1S/C17H18N2O3.C2H6/c1-11-2-3-16-14(8-11)12(5-7-22-16)9-19-15-10-18-6-4-13(15)17(20)21;1-2/h2-4,6,8,10,12,19H,5,7,9H2,1H3,(H,20,21);1-2H3.